The van der Waals surface area contributed by atoms with E-state index in [-0.39, 0.29) is 5.91 Å². The van der Waals surface area contributed by atoms with Crippen molar-refractivity contribution in [2.75, 3.05) is 24.4 Å². The van der Waals surface area contributed by atoms with Crippen LogP contribution >= 0.6 is 11.6 Å². The highest BCUT2D eigenvalue weighted by atomic mass is 35.5. The van der Waals surface area contributed by atoms with E-state index in [1.165, 1.54) is 0 Å². The van der Waals surface area contributed by atoms with Gasteiger partial charge >= 0.3 is 0 Å². The second kappa shape index (κ2) is 5.77. The number of rotatable bonds is 3. The predicted molar refractivity (Wildman–Crippen MR) is 66.0 cm³/mol. The maximum atomic E-state index is 11.4. The second-order valence-electron chi connectivity index (χ2n) is 3.70. The van der Waals surface area contributed by atoms with Crippen molar-refractivity contribution in [3.63, 3.8) is 0 Å². The molecule has 1 N–H and O–H groups in total. The van der Waals surface area contributed by atoms with E-state index in [1.807, 2.05) is 0 Å². The molecule has 1 aliphatic heterocycles. The van der Waals surface area contributed by atoms with Gasteiger partial charge in [0.25, 0.3) is 0 Å². The van der Waals surface area contributed by atoms with E-state index in [2.05, 4.69) is 5.32 Å². The van der Waals surface area contributed by atoms with Gasteiger partial charge in [0.1, 0.15) is 0 Å². The molecular formula is C12H14ClNO3. The normalized spacial score (nSPS) is 13.9. The Labute approximate surface area is 105 Å². The van der Waals surface area contributed by atoms with Crippen LogP contribution in [0.3, 0.4) is 0 Å². The Morgan fingerprint density at radius 1 is 1.29 bits per heavy atom. The maximum Gasteiger partial charge on any atom is 0.225 e. The van der Waals surface area contributed by atoms with Gasteiger partial charge in [-0.15, -0.1) is 11.6 Å². The minimum Gasteiger partial charge on any atom is -0.490 e. The Balaban J connectivity index is 2.09. The number of hydrogen-bond acceptors (Lipinski definition) is 3. The Bertz CT molecular complexity index is 409. The van der Waals surface area contributed by atoms with E-state index >= 15 is 0 Å². The van der Waals surface area contributed by atoms with Crippen LogP contribution in [0.15, 0.2) is 18.2 Å². The van der Waals surface area contributed by atoms with Gasteiger partial charge in [0.2, 0.25) is 5.91 Å². The number of carbonyl (C=O) groups is 1. The van der Waals surface area contributed by atoms with Crippen molar-refractivity contribution in [2.45, 2.75) is 12.8 Å². The molecule has 4 nitrogen and oxygen atoms in total. The predicted octanol–water partition coefficient (Wildman–Crippen LogP) is 2.42. The van der Waals surface area contributed by atoms with Gasteiger partial charge in [-0.2, -0.15) is 0 Å². The lowest BCUT2D eigenvalue weighted by atomic mass is 10.2. The molecule has 5 heteroatoms. The van der Waals surface area contributed by atoms with Gasteiger partial charge in [-0.1, -0.05) is 0 Å². The Morgan fingerprint density at radius 3 is 2.82 bits per heavy atom. The molecule has 0 spiro atoms. The van der Waals surface area contributed by atoms with Crippen LogP contribution in [0.5, 0.6) is 11.5 Å². The van der Waals surface area contributed by atoms with Crippen molar-refractivity contribution in [1.29, 1.82) is 0 Å². The van der Waals surface area contributed by atoms with Crippen LogP contribution < -0.4 is 14.8 Å². The molecule has 0 unspecified atom stereocenters. The van der Waals surface area contributed by atoms with Crippen LogP contribution in [0.2, 0.25) is 0 Å². The molecule has 0 radical (unpaired) electrons. The first-order valence-corrected chi connectivity index (χ1v) is 6.08. The summed E-state index contributed by atoms with van der Waals surface area (Å²) >= 11 is 5.49. The lowest BCUT2D eigenvalue weighted by molar-refractivity contribution is -0.115. The van der Waals surface area contributed by atoms with Crippen LogP contribution in [0.25, 0.3) is 0 Å². The number of benzene rings is 1. The third kappa shape index (κ3) is 3.27. The summed E-state index contributed by atoms with van der Waals surface area (Å²) in [6.45, 7) is 1.29. The maximum absolute atomic E-state index is 11.4. The van der Waals surface area contributed by atoms with Gasteiger partial charge in [0.05, 0.1) is 13.2 Å². The van der Waals surface area contributed by atoms with E-state index in [4.69, 9.17) is 21.1 Å². The fourth-order valence-electron chi connectivity index (χ4n) is 1.55. The summed E-state index contributed by atoms with van der Waals surface area (Å²) < 4.78 is 11.0. The minimum atomic E-state index is -0.102. The summed E-state index contributed by atoms with van der Waals surface area (Å²) in [5, 5.41) is 2.75. The van der Waals surface area contributed by atoms with Gasteiger partial charge in [0.15, 0.2) is 11.5 Å². The Morgan fingerprint density at radius 2 is 2.06 bits per heavy atom. The summed E-state index contributed by atoms with van der Waals surface area (Å²) in [5.41, 5.74) is 0.698. The van der Waals surface area contributed by atoms with Crippen LogP contribution in [-0.4, -0.2) is 25.0 Å². The van der Waals surface area contributed by atoms with Gasteiger partial charge in [-0.05, 0) is 12.1 Å². The quantitative estimate of drug-likeness (QED) is 0.844. The Hall–Kier alpha value is -1.42. The third-order valence-corrected chi connectivity index (χ3v) is 2.54. The molecular weight excluding hydrogens is 242 g/mol. The lowest BCUT2D eigenvalue weighted by Gasteiger charge is -2.10. The number of nitrogens with one attached hydrogen (secondary N) is 1. The van der Waals surface area contributed by atoms with E-state index in [9.17, 15) is 4.79 Å². The van der Waals surface area contributed by atoms with E-state index in [1.54, 1.807) is 18.2 Å². The van der Waals surface area contributed by atoms with Crippen molar-refractivity contribution >= 4 is 23.2 Å². The summed E-state index contributed by atoms with van der Waals surface area (Å²) in [6, 6.07) is 5.36. The van der Waals surface area contributed by atoms with E-state index in [0.29, 0.717) is 37.0 Å². The molecule has 0 saturated heterocycles. The van der Waals surface area contributed by atoms with Crippen LogP contribution in [-0.2, 0) is 4.79 Å². The van der Waals surface area contributed by atoms with Crippen molar-refractivity contribution in [3.8, 4) is 11.5 Å². The zero-order valence-electron chi connectivity index (χ0n) is 9.37. The molecule has 1 heterocycles. The number of anilines is 1. The largest absolute Gasteiger partial charge is 0.490 e. The molecule has 92 valence electrons. The average Bonchev–Trinajstić information content (AvgIpc) is 2.53. The van der Waals surface area contributed by atoms with Gasteiger partial charge < -0.3 is 14.8 Å². The van der Waals surface area contributed by atoms with Crippen molar-refractivity contribution in [2.24, 2.45) is 0 Å². The number of carbonyl (C=O) groups excluding carboxylic acids is 1. The summed E-state index contributed by atoms with van der Waals surface area (Å²) in [7, 11) is 0. The number of alkyl halides is 1. The first kappa shape index (κ1) is 12.0. The molecule has 0 aromatic heterocycles. The highest BCUT2D eigenvalue weighted by Gasteiger charge is 2.11. The zero-order valence-corrected chi connectivity index (χ0v) is 10.1. The molecule has 1 aliphatic rings. The first-order valence-electron chi connectivity index (χ1n) is 5.55. The topological polar surface area (TPSA) is 47.6 Å². The molecule has 2 rings (SSSR count). The molecule has 0 saturated carbocycles. The highest BCUT2D eigenvalue weighted by molar-refractivity contribution is 6.19. The van der Waals surface area contributed by atoms with Crippen LogP contribution in [0.1, 0.15) is 12.8 Å². The standard InChI is InChI=1S/C12H14ClNO3/c13-5-4-12(15)14-9-2-3-10-11(8-9)17-7-1-6-16-10/h2-3,8H,1,4-7H2,(H,14,15). The third-order valence-electron chi connectivity index (χ3n) is 2.35. The summed E-state index contributed by atoms with van der Waals surface area (Å²) in [6.07, 6.45) is 1.17. The van der Waals surface area contributed by atoms with Crippen LogP contribution in [0.4, 0.5) is 5.69 Å². The second-order valence-corrected chi connectivity index (χ2v) is 4.08. The molecule has 0 bridgehead atoms. The monoisotopic (exact) mass is 255 g/mol. The number of amides is 1. The zero-order chi connectivity index (χ0) is 12.1. The molecule has 1 amide bonds. The first-order chi connectivity index (χ1) is 8.29. The molecule has 0 atom stereocenters. The molecule has 0 aliphatic carbocycles. The number of halogens is 1. The fourth-order valence-corrected chi connectivity index (χ4v) is 1.72. The molecule has 17 heavy (non-hydrogen) atoms. The van der Waals surface area contributed by atoms with Gasteiger partial charge in [0, 0.05) is 30.5 Å². The average molecular weight is 256 g/mol. The highest BCUT2D eigenvalue weighted by Crippen LogP contribution is 2.32. The molecule has 1 aromatic carbocycles. The number of fused-ring (bicyclic) bond motifs is 1. The summed E-state index contributed by atoms with van der Waals surface area (Å²) in [4.78, 5) is 11.4. The summed E-state index contributed by atoms with van der Waals surface area (Å²) in [5.74, 6) is 1.61. The van der Waals surface area contributed by atoms with Gasteiger partial charge in [-0.3, -0.25) is 4.79 Å². The fraction of sp³-hybridized carbons (Fsp3) is 0.417. The lowest BCUT2D eigenvalue weighted by Crippen LogP contribution is -2.11. The minimum absolute atomic E-state index is 0.102. The van der Waals surface area contributed by atoms with E-state index < -0.39 is 0 Å². The van der Waals surface area contributed by atoms with Crippen molar-refractivity contribution in [1.82, 2.24) is 0 Å². The smallest absolute Gasteiger partial charge is 0.225 e. The van der Waals surface area contributed by atoms with Crippen molar-refractivity contribution in [3.05, 3.63) is 18.2 Å². The Kier molecular flexibility index (Phi) is 4.09. The van der Waals surface area contributed by atoms with Crippen LogP contribution in [0, 0.1) is 0 Å². The SMILES string of the molecule is O=C(CCCl)Nc1ccc2c(c1)OCCCO2. The molecule has 0 fully saturated rings. The van der Waals surface area contributed by atoms with Gasteiger partial charge in [-0.25, -0.2) is 0 Å². The molecule has 1 aromatic rings. The number of ether oxygens (including phenoxy) is 2. The van der Waals surface area contributed by atoms with Crippen molar-refractivity contribution < 1.29 is 14.3 Å². The number of hydrogen-bond donors (Lipinski definition) is 1. The van der Waals surface area contributed by atoms with E-state index in [0.717, 1.165) is 12.2 Å².